The van der Waals surface area contributed by atoms with Gasteiger partial charge in [0, 0.05) is 10.2 Å². The first-order valence-corrected chi connectivity index (χ1v) is 8.27. The molecule has 0 aliphatic heterocycles. The third kappa shape index (κ3) is 12.2. The molecular formula is C21H25BrN2. The lowest BCUT2D eigenvalue weighted by atomic mass is 10.2. The van der Waals surface area contributed by atoms with E-state index in [1.165, 1.54) is 5.56 Å². The summed E-state index contributed by atoms with van der Waals surface area (Å²) in [7, 11) is 0. The molecule has 0 aliphatic rings. The molecule has 0 bridgehead atoms. The van der Waals surface area contributed by atoms with E-state index in [2.05, 4.69) is 53.3 Å². The maximum absolute atomic E-state index is 5.41. The summed E-state index contributed by atoms with van der Waals surface area (Å²) in [5.74, 6) is 0. The molecule has 2 aromatic rings. The first-order valence-electron chi connectivity index (χ1n) is 7.48. The standard InChI is InChI=1S/C8H11N.C7H8.C6H6BrN/c1-4-6-8(9-3)7-5-2;1-7-5-3-2-4-6-7;7-5-1-3-6(8)4-2-5/h4-7H,1,3H2,2H3;2-6H,1H3;1-4H,8H2/b7-5-,8-6+;;. The Morgan fingerprint density at radius 1 is 1.08 bits per heavy atom. The van der Waals surface area contributed by atoms with Gasteiger partial charge >= 0.3 is 0 Å². The lowest BCUT2D eigenvalue weighted by molar-refractivity contribution is 1.43. The highest BCUT2D eigenvalue weighted by Crippen LogP contribution is 2.10. The lowest BCUT2D eigenvalue weighted by Gasteiger charge is -1.88. The van der Waals surface area contributed by atoms with Crippen LogP contribution < -0.4 is 5.73 Å². The van der Waals surface area contributed by atoms with Crippen LogP contribution in [0.1, 0.15) is 12.5 Å². The van der Waals surface area contributed by atoms with E-state index in [-0.39, 0.29) is 0 Å². The fraction of sp³-hybridized carbons (Fsp3) is 0.0952. The third-order valence-corrected chi connectivity index (χ3v) is 3.15. The van der Waals surface area contributed by atoms with Crippen LogP contribution in [0.4, 0.5) is 5.69 Å². The highest BCUT2D eigenvalue weighted by Gasteiger charge is 1.82. The summed E-state index contributed by atoms with van der Waals surface area (Å²) in [6, 6.07) is 17.8. The van der Waals surface area contributed by atoms with Crippen LogP contribution in [-0.4, -0.2) is 6.72 Å². The van der Waals surface area contributed by atoms with Gasteiger partial charge in [0.1, 0.15) is 0 Å². The summed E-state index contributed by atoms with van der Waals surface area (Å²) in [5, 5.41) is 0. The highest BCUT2D eigenvalue weighted by molar-refractivity contribution is 9.10. The molecule has 0 heterocycles. The Morgan fingerprint density at radius 3 is 2.00 bits per heavy atom. The third-order valence-electron chi connectivity index (χ3n) is 2.62. The fourth-order valence-corrected chi connectivity index (χ4v) is 1.71. The Labute approximate surface area is 154 Å². The number of nitrogen functional groups attached to an aromatic ring is 1. The van der Waals surface area contributed by atoms with E-state index in [1.807, 2.05) is 61.5 Å². The van der Waals surface area contributed by atoms with E-state index in [0.29, 0.717) is 0 Å². The molecule has 0 spiro atoms. The maximum atomic E-state index is 5.41. The zero-order chi connectivity index (χ0) is 18.2. The summed E-state index contributed by atoms with van der Waals surface area (Å²) in [5.41, 5.74) is 8.37. The Balaban J connectivity index is 0.000000332. The van der Waals surface area contributed by atoms with Crippen molar-refractivity contribution in [3.8, 4) is 0 Å². The Kier molecular flexibility index (Phi) is 12.8. The first kappa shape index (κ1) is 21.6. The Bertz CT molecular complexity index is 620. The second kappa shape index (κ2) is 14.2. The number of hydrogen-bond donors (Lipinski definition) is 1. The number of allylic oxidation sites excluding steroid dienone is 4. The van der Waals surface area contributed by atoms with Gasteiger partial charge in [-0.1, -0.05) is 70.6 Å². The molecule has 2 rings (SSSR count). The number of anilines is 1. The molecule has 3 heteroatoms. The highest BCUT2D eigenvalue weighted by atomic mass is 79.9. The van der Waals surface area contributed by atoms with E-state index < -0.39 is 0 Å². The van der Waals surface area contributed by atoms with Crippen LogP contribution in [0.5, 0.6) is 0 Å². The molecule has 2 nitrogen and oxygen atoms in total. The predicted octanol–water partition coefficient (Wildman–Crippen LogP) is 6.36. The number of rotatable bonds is 3. The van der Waals surface area contributed by atoms with E-state index >= 15 is 0 Å². The summed E-state index contributed by atoms with van der Waals surface area (Å²) in [6.45, 7) is 10.9. The van der Waals surface area contributed by atoms with Crippen molar-refractivity contribution in [1.82, 2.24) is 0 Å². The fourth-order valence-electron chi connectivity index (χ4n) is 1.45. The number of hydrogen-bond acceptors (Lipinski definition) is 2. The van der Waals surface area contributed by atoms with Gasteiger partial charge in [0.05, 0.1) is 5.70 Å². The van der Waals surface area contributed by atoms with Crippen LogP contribution in [0.25, 0.3) is 0 Å². The van der Waals surface area contributed by atoms with Crippen molar-refractivity contribution in [3.05, 3.63) is 101 Å². The normalized spacial score (nSPS) is 10.0. The molecular weight excluding hydrogens is 360 g/mol. The summed E-state index contributed by atoms with van der Waals surface area (Å²) in [6.07, 6.45) is 7.26. The topological polar surface area (TPSA) is 38.4 Å². The van der Waals surface area contributed by atoms with Crippen molar-refractivity contribution in [3.63, 3.8) is 0 Å². The van der Waals surface area contributed by atoms with Crippen LogP contribution in [0.3, 0.4) is 0 Å². The quantitative estimate of drug-likeness (QED) is 0.373. The van der Waals surface area contributed by atoms with E-state index in [4.69, 9.17) is 5.73 Å². The smallest absolute Gasteiger partial charge is 0.0618 e. The number of halogens is 1. The van der Waals surface area contributed by atoms with Crippen LogP contribution >= 0.6 is 15.9 Å². The van der Waals surface area contributed by atoms with Crippen molar-refractivity contribution >= 4 is 28.3 Å². The van der Waals surface area contributed by atoms with Crippen LogP contribution in [0.2, 0.25) is 0 Å². The van der Waals surface area contributed by atoms with Gasteiger partial charge in [0.15, 0.2) is 0 Å². The molecule has 0 amide bonds. The van der Waals surface area contributed by atoms with Crippen molar-refractivity contribution in [2.24, 2.45) is 4.99 Å². The van der Waals surface area contributed by atoms with Gasteiger partial charge < -0.3 is 5.73 Å². The SMILES string of the molecule is C=C/C=C(\C=C/C)N=C.Cc1ccccc1.Nc1ccc(Br)cc1. The molecule has 2 aromatic carbocycles. The van der Waals surface area contributed by atoms with Gasteiger partial charge in [0.2, 0.25) is 0 Å². The molecule has 0 aromatic heterocycles. The minimum absolute atomic E-state index is 0.799. The maximum Gasteiger partial charge on any atom is 0.0618 e. The lowest BCUT2D eigenvalue weighted by Crippen LogP contribution is -1.80. The van der Waals surface area contributed by atoms with E-state index in [0.717, 1.165) is 15.9 Å². The zero-order valence-electron chi connectivity index (χ0n) is 14.3. The van der Waals surface area contributed by atoms with Gasteiger partial charge in [-0.2, -0.15) is 0 Å². The second-order valence-electron chi connectivity index (χ2n) is 4.69. The summed E-state index contributed by atoms with van der Waals surface area (Å²) < 4.78 is 1.06. The first-order chi connectivity index (χ1) is 11.5. The van der Waals surface area contributed by atoms with Gasteiger partial charge in [0.25, 0.3) is 0 Å². The molecule has 24 heavy (non-hydrogen) atoms. The molecule has 0 aliphatic carbocycles. The predicted molar refractivity (Wildman–Crippen MR) is 112 cm³/mol. The van der Waals surface area contributed by atoms with Crippen molar-refractivity contribution in [2.75, 3.05) is 5.73 Å². The average Bonchev–Trinajstić information content (AvgIpc) is 2.59. The zero-order valence-corrected chi connectivity index (χ0v) is 15.9. The largest absolute Gasteiger partial charge is 0.399 e. The molecule has 0 saturated carbocycles. The minimum Gasteiger partial charge on any atom is -0.399 e. The number of nitrogens with zero attached hydrogens (tertiary/aromatic N) is 1. The summed E-state index contributed by atoms with van der Waals surface area (Å²) >= 11 is 3.29. The van der Waals surface area contributed by atoms with Crippen LogP contribution in [0, 0.1) is 6.92 Å². The van der Waals surface area contributed by atoms with Gasteiger partial charge in [-0.3, -0.25) is 4.99 Å². The minimum atomic E-state index is 0.799. The second-order valence-corrected chi connectivity index (χ2v) is 5.61. The summed E-state index contributed by atoms with van der Waals surface area (Å²) in [4.78, 5) is 3.72. The number of aliphatic imine (C=N–C) groups is 1. The Hall–Kier alpha value is -2.39. The van der Waals surface area contributed by atoms with Gasteiger partial charge in [-0.15, -0.1) is 0 Å². The van der Waals surface area contributed by atoms with E-state index in [9.17, 15) is 0 Å². The van der Waals surface area contributed by atoms with Crippen LogP contribution in [-0.2, 0) is 0 Å². The van der Waals surface area contributed by atoms with E-state index in [1.54, 1.807) is 12.2 Å². The molecule has 0 fully saturated rings. The molecule has 2 N–H and O–H groups in total. The van der Waals surface area contributed by atoms with Gasteiger partial charge in [-0.25, -0.2) is 0 Å². The molecule has 126 valence electrons. The van der Waals surface area contributed by atoms with Gasteiger partial charge in [-0.05, 0) is 57.0 Å². The molecule has 0 saturated heterocycles. The molecule has 0 radical (unpaired) electrons. The molecule has 0 unspecified atom stereocenters. The number of benzene rings is 2. The average molecular weight is 385 g/mol. The Morgan fingerprint density at radius 2 is 1.67 bits per heavy atom. The number of aryl methyl sites for hydroxylation is 1. The van der Waals surface area contributed by atoms with Crippen molar-refractivity contribution in [2.45, 2.75) is 13.8 Å². The van der Waals surface area contributed by atoms with Crippen molar-refractivity contribution < 1.29 is 0 Å². The van der Waals surface area contributed by atoms with Crippen LogP contribution in [0.15, 0.2) is 101 Å². The number of nitrogens with two attached hydrogens (primary N) is 1. The van der Waals surface area contributed by atoms with Crippen molar-refractivity contribution in [1.29, 1.82) is 0 Å². The monoisotopic (exact) mass is 384 g/mol. The molecule has 0 atom stereocenters.